The minimum absolute atomic E-state index is 0. The summed E-state index contributed by atoms with van der Waals surface area (Å²) in [5, 5.41) is 3.14. The largest absolute Gasteiger partial charge is 3.00 e. The maximum atomic E-state index is 3.71. The van der Waals surface area contributed by atoms with Crippen LogP contribution in [-0.4, -0.2) is 30.9 Å². The van der Waals surface area contributed by atoms with E-state index in [1.165, 1.54) is 0 Å². The van der Waals surface area contributed by atoms with E-state index in [0.29, 0.717) is 0 Å². The normalized spacial score (nSPS) is 20.1. The van der Waals surface area contributed by atoms with Crippen LogP contribution in [0.25, 0.3) is 0 Å². The van der Waals surface area contributed by atoms with E-state index in [1.54, 1.807) is 6.20 Å². The second-order valence-corrected chi connectivity index (χ2v) is 2.43. The van der Waals surface area contributed by atoms with E-state index < -0.39 is 0 Å². The molecule has 0 atom stereocenters. The molecule has 0 aliphatic carbocycles. The van der Waals surface area contributed by atoms with Gasteiger partial charge >= 0.3 is 32.7 Å². The van der Waals surface area contributed by atoms with Crippen LogP contribution in [0.15, 0.2) is 17.3 Å². The van der Waals surface area contributed by atoms with Crippen LogP contribution >= 0.6 is 0 Å². The standard InChI is InChI=1S/C4H9N2.C4H4N.Y/c1-6-3-2-5-4-6;1-2-4-5-3-1;/h5H,1-4H2;1,3H,2H2;/q2*-1;+3. The van der Waals surface area contributed by atoms with Gasteiger partial charge in [-0.05, 0) is 6.54 Å². The Morgan fingerprint density at radius 1 is 1.58 bits per heavy atom. The Labute approximate surface area is 99.2 Å². The summed E-state index contributed by atoms with van der Waals surface area (Å²) >= 11 is 0. The number of nitrogens with one attached hydrogen (secondary N) is 1. The van der Waals surface area contributed by atoms with Crippen LogP contribution in [0, 0.1) is 7.05 Å². The third kappa shape index (κ3) is 6.01. The number of hydrogen-bond acceptors (Lipinski definition) is 3. The molecule has 0 unspecified atom stereocenters. The Balaban J connectivity index is 0.000000189. The van der Waals surface area contributed by atoms with Gasteiger partial charge in [-0.15, -0.1) is 6.20 Å². The molecule has 2 heterocycles. The molecule has 4 heteroatoms. The van der Waals surface area contributed by atoms with Gasteiger partial charge in [0.25, 0.3) is 0 Å². The van der Waals surface area contributed by atoms with Crippen LogP contribution in [0.5, 0.6) is 0 Å². The average Bonchev–Trinajstić information content (AvgIpc) is 2.57. The van der Waals surface area contributed by atoms with E-state index in [9.17, 15) is 0 Å². The SMILES string of the molecule is [C-]1=NC=CC1.[CH2-]N1CCNC1.[Y+3]. The van der Waals surface area contributed by atoms with Gasteiger partial charge < -0.3 is 15.2 Å². The summed E-state index contributed by atoms with van der Waals surface area (Å²) < 4.78 is 0. The Bertz CT molecular complexity index is 140. The molecule has 62 valence electrons. The topological polar surface area (TPSA) is 27.6 Å². The summed E-state index contributed by atoms with van der Waals surface area (Å²) in [6, 6.07) is 0. The van der Waals surface area contributed by atoms with Gasteiger partial charge in [-0.1, -0.05) is 6.42 Å². The molecule has 2 aliphatic rings. The van der Waals surface area contributed by atoms with Crippen molar-refractivity contribution in [3.63, 3.8) is 0 Å². The van der Waals surface area contributed by atoms with Gasteiger partial charge in [-0.25, -0.2) is 0 Å². The molecule has 1 N–H and O–H groups in total. The molecule has 2 rings (SSSR count). The zero-order valence-corrected chi connectivity index (χ0v) is 10.0. The Kier molecular flexibility index (Phi) is 8.34. The first kappa shape index (κ1) is 12.4. The van der Waals surface area contributed by atoms with Gasteiger partial charge in [0.1, 0.15) is 0 Å². The van der Waals surface area contributed by atoms with E-state index in [1.807, 2.05) is 11.0 Å². The molecule has 0 aromatic rings. The van der Waals surface area contributed by atoms with Crippen LogP contribution in [-0.2, 0) is 32.7 Å². The summed E-state index contributed by atoms with van der Waals surface area (Å²) in [5.74, 6) is 0. The van der Waals surface area contributed by atoms with Gasteiger partial charge in [0.15, 0.2) is 0 Å². The van der Waals surface area contributed by atoms with Crippen molar-refractivity contribution >= 4 is 6.21 Å². The molecule has 12 heavy (non-hydrogen) atoms. The van der Waals surface area contributed by atoms with Crippen molar-refractivity contribution in [2.75, 3.05) is 19.8 Å². The van der Waals surface area contributed by atoms with E-state index in [-0.39, 0.29) is 32.7 Å². The molecule has 0 amide bonds. The van der Waals surface area contributed by atoms with Crippen LogP contribution < -0.4 is 5.32 Å². The second kappa shape index (κ2) is 8.05. The number of nitrogens with zero attached hydrogens (tertiary/aromatic N) is 2. The average molecular weight is 240 g/mol. The number of rotatable bonds is 0. The number of aliphatic imine (C=N–C) groups is 1. The minimum Gasteiger partial charge on any atom is -0.463 e. The summed E-state index contributed by atoms with van der Waals surface area (Å²) in [4.78, 5) is 5.65. The van der Waals surface area contributed by atoms with Crippen molar-refractivity contribution in [1.82, 2.24) is 10.2 Å². The molecular weight excluding hydrogens is 227 g/mol. The predicted molar refractivity (Wildman–Crippen MR) is 46.1 cm³/mol. The van der Waals surface area contributed by atoms with Crippen molar-refractivity contribution in [3.8, 4) is 0 Å². The number of hydrogen-bond donors (Lipinski definition) is 1. The Hall–Kier alpha value is 0.434. The van der Waals surface area contributed by atoms with Crippen molar-refractivity contribution < 1.29 is 32.7 Å². The third-order valence-corrected chi connectivity index (χ3v) is 1.42. The fourth-order valence-electron chi connectivity index (χ4n) is 0.817. The fourth-order valence-corrected chi connectivity index (χ4v) is 0.817. The zero-order valence-electron chi connectivity index (χ0n) is 7.16. The first-order valence-corrected chi connectivity index (χ1v) is 3.73. The first-order chi connectivity index (χ1) is 5.39. The molecule has 1 saturated heterocycles. The summed E-state index contributed by atoms with van der Waals surface area (Å²) in [7, 11) is 3.71. The van der Waals surface area contributed by atoms with Gasteiger partial charge in [-0.2, -0.15) is 12.3 Å². The monoisotopic (exact) mass is 240 g/mol. The van der Waals surface area contributed by atoms with E-state index in [2.05, 4.69) is 23.6 Å². The second-order valence-electron chi connectivity index (χ2n) is 2.43. The minimum atomic E-state index is 0. The zero-order chi connectivity index (χ0) is 7.94. The Morgan fingerprint density at radius 2 is 2.42 bits per heavy atom. The molecule has 0 radical (unpaired) electrons. The maximum Gasteiger partial charge on any atom is 3.00 e. The molecular formula is C8H13N3Y+. The van der Waals surface area contributed by atoms with E-state index >= 15 is 0 Å². The van der Waals surface area contributed by atoms with Crippen molar-refractivity contribution in [1.29, 1.82) is 0 Å². The van der Waals surface area contributed by atoms with Crippen molar-refractivity contribution in [2.45, 2.75) is 6.42 Å². The number of allylic oxidation sites excluding steroid dienone is 1. The van der Waals surface area contributed by atoms with Gasteiger partial charge in [0.05, 0.1) is 0 Å². The van der Waals surface area contributed by atoms with Crippen LogP contribution in [0.1, 0.15) is 6.42 Å². The van der Waals surface area contributed by atoms with Crippen LogP contribution in [0.2, 0.25) is 0 Å². The predicted octanol–water partition coefficient (Wildman–Crippen LogP) is 0.490. The molecule has 1 fully saturated rings. The molecule has 0 aromatic carbocycles. The summed E-state index contributed by atoms with van der Waals surface area (Å²) in [5.41, 5.74) is 0. The molecule has 0 spiro atoms. The van der Waals surface area contributed by atoms with Crippen LogP contribution in [0.4, 0.5) is 0 Å². The van der Waals surface area contributed by atoms with Gasteiger partial charge in [0.2, 0.25) is 0 Å². The smallest absolute Gasteiger partial charge is 0.463 e. The fraction of sp³-hybridized carbons (Fsp3) is 0.500. The van der Waals surface area contributed by atoms with Crippen LogP contribution in [0.3, 0.4) is 0 Å². The molecule has 3 nitrogen and oxygen atoms in total. The van der Waals surface area contributed by atoms with Gasteiger partial charge in [0, 0.05) is 13.2 Å². The summed E-state index contributed by atoms with van der Waals surface area (Å²) in [6.45, 7) is 3.16. The molecule has 0 saturated carbocycles. The van der Waals surface area contributed by atoms with E-state index in [4.69, 9.17) is 0 Å². The Morgan fingerprint density at radius 3 is 2.58 bits per heavy atom. The maximum absolute atomic E-state index is 3.71. The summed E-state index contributed by atoms with van der Waals surface area (Å²) in [6.07, 6.45) is 7.35. The third-order valence-electron chi connectivity index (χ3n) is 1.42. The quantitative estimate of drug-likeness (QED) is 0.624. The first-order valence-electron chi connectivity index (χ1n) is 3.73. The molecule has 2 aliphatic heterocycles. The van der Waals surface area contributed by atoms with Gasteiger partial charge in [-0.3, -0.25) is 7.05 Å². The molecule has 0 aromatic heterocycles. The van der Waals surface area contributed by atoms with Crippen molar-refractivity contribution in [3.05, 3.63) is 19.3 Å². The van der Waals surface area contributed by atoms with Crippen molar-refractivity contribution in [2.24, 2.45) is 4.99 Å². The molecule has 0 bridgehead atoms. The van der Waals surface area contributed by atoms with E-state index in [0.717, 1.165) is 26.2 Å².